The summed E-state index contributed by atoms with van der Waals surface area (Å²) in [5.41, 5.74) is 0.278. The maximum atomic E-state index is 12.4. The molecule has 1 atom stereocenters. The first-order valence-electron chi connectivity index (χ1n) is 8.01. The van der Waals surface area contributed by atoms with E-state index in [1.807, 2.05) is 20.8 Å². The fourth-order valence-corrected chi connectivity index (χ4v) is 3.87. The van der Waals surface area contributed by atoms with E-state index in [0.29, 0.717) is 24.0 Å². The Bertz CT molecular complexity index is 625. The number of piperidine rings is 1. The van der Waals surface area contributed by atoms with Gasteiger partial charge in [0.05, 0.1) is 10.8 Å². The van der Waals surface area contributed by atoms with Crippen molar-refractivity contribution < 1.29 is 13.7 Å². The number of amides is 1. The Morgan fingerprint density at radius 1 is 1.42 bits per heavy atom. The van der Waals surface area contributed by atoms with Gasteiger partial charge >= 0.3 is 6.09 Å². The standard InChI is InChI=1S/C16H24ClN3O3S/c1-11-9-18-14(19-13(11)17)24(22)10-12-5-7-20(8-6-12)15(21)23-16(2,3)4/h9,12H,5-8,10H2,1-4H3. The van der Waals surface area contributed by atoms with Crippen LogP contribution in [0.3, 0.4) is 0 Å². The highest BCUT2D eigenvalue weighted by Gasteiger charge is 2.28. The number of likely N-dealkylation sites (tertiary alicyclic amines) is 1. The van der Waals surface area contributed by atoms with Crippen molar-refractivity contribution in [3.63, 3.8) is 0 Å². The summed E-state index contributed by atoms with van der Waals surface area (Å²) < 4.78 is 17.8. The van der Waals surface area contributed by atoms with E-state index in [1.54, 1.807) is 18.0 Å². The van der Waals surface area contributed by atoms with Gasteiger partial charge in [0.1, 0.15) is 10.8 Å². The first-order valence-corrected chi connectivity index (χ1v) is 9.71. The number of halogens is 1. The molecule has 2 rings (SSSR count). The van der Waals surface area contributed by atoms with Crippen LogP contribution in [0, 0.1) is 12.8 Å². The van der Waals surface area contributed by atoms with Gasteiger partial charge in [-0.05, 0) is 46.5 Å². The molecule has 1 amide bonds. The number of hydrogen-bond acceptors (Lipinski definition) is 5. The Kier molecular flexibility index (Phi) is 6.20. The summed E-state index contributed by atoms with van der Waals surface area (Å²) in [6, 6.07) is 0. The molecule has 1 unspecified atom stereocenters. The van der Waals surface area contributed by atoms with Gasteiger partial charge in [0.25, 0.3) is 0 Å². The van der Waals surface area contributed by atoms with Gasteiger partial charge in [-0.15, -0.1) is 0 Å². The molecule has 0 spiro atoms. The molecule has 1 saturated heterocycles. The zero-order valence-corrected chi connectivity index (χ0v) is 16.1. The van der Waals surface area contributed by atoms with Crippen molar-refractivity contribution in [1.82, 2.24) is 14.9 Å². The van der Waals surface area contributed by atoms with E-state index in [-0.39, 0.29) is 17.2 Å². The third-order valence-electron chi connectivity index (χ3n) is 3.74. The van der Waals surface area contributed by atoms with Crippen LogP contribution in [0.4, 0.5) is 4.79 Å². The first kappa shape index (κ1) is 19.1. The number of aromatic nitrogens is 2. The predicted octanol–water partition coefficient (Wildman–Crippen LogP) is 3.19. The number of aryl methyl sites for hydroxylation is 1. The lowest BCUT2D eigenvalue weighted by Gasteiger charge is -2.33. The topological polar surface area (TPSA) is 72.4 Å². The minimum Gasteiger partial charge on any atom is -0.444 e. The summed E-state index contributed by atoms with van der Waals surface area (Å²) in [5.74, 6) is 0.759. The minimum absolute atomic E-state index is 0.271. The minimum atomic E-state index is -1.28. The maximum Gasteiger partial charge on any atom is 0.410 e. The van der Waals surface area contributed by atoms with Gasteiger partial charge in [0.15, 0.2) is 0 Å². The van der Waals surface area contributed by atoms with Crippen LogP contribution < -0.4 is 0 Å². The molecule has 0 aromatic carbocycles. The fourth-order valence-electron chi connectivity index (χ4n) is 2.41. The molecule has 134 valence electrons. The van der Waals surface area contributed by atoms with Gasteiger partial charge in [0, 0.05) is 30.6 Å². The SMILES string of the molecule is Cc1cnc(S(=O)CC2CCN(C(=O)OC(C)(C)C)CC2)nc1Cl. The Balaban J connectivity index is 1.85. The van der Waals surface area contributed by atoms with Crippen molar-refractivity contribution in [2.24, 2.45) is 5.92 Å². The molecule has 1 aromatic rings. The molecular weight excluding hydrogens is 350 g/mol. The van der Waals surface area contributed by atoms with Crippen LogP contribution in [0.25, 0.3) is 0 Å². The van der Waals surface area contributed by atoms with Crippen molar-refractivity contribution in [2.45, 2.75) is 51.3 Å². The molecule has 2 heterocycles. The zero-order valence-electron chi connectivity index (χ0n) is 14.5. The summed E-state index contributed by atoms with van der Waals surface area (Å²) in [4.78, 5) is 22.0. The molecule has 8 heteroatoms. The van der Waals surface area contributed by atoms with E-state index >= 15 is 0 Å². The van der Waals surface area contributed by atoms with E-state index in [0.717, 1.165) is 18.4 Å². The van der Waals surface area contributed by atoms with Crippen LogP contribution in [0.5, 0.6) is 0 Å². The van der Waals surface area contributed by atoms with E-state index < -0.39 is 16.4 Å². The predicted molar refractivity (Wildman–Crippen MR) is 93.6 cm³/mol. The molecule has 6 nitrogen and oxygen atoms in total. The van der Waals surface area contributed by atoms with Gasteiger partial charge in [-0.3, -0.25) is 4.21 Å². The number of carbonyl (C=O) groups is 1. The van der Waals surface area contributed by atoms with Crippen molar-refractivity contribution in [2.75, 3.05) is 18.8 Å². The van der Waals surface area contributed by atoms with Gasteiger partial charge < -0.3 is 9.64 Å². The van der Waals surface area contributed by atoms with Gasteiger partial charge in [-0.1, -0.05) is 11.6 Å². The maximum absolute atomic E-state index is 12.4. The van der Waals surface area contributed by atoms with Crippen LogP contribution in [-0.4, -0.2) is 49.6 Å². The molecule has 1 aliphatic heterocycles. The number of hydrogen-bond donors (Lipinski definition) is 0. The molecular formula is C16H24ClN3O3S. The first-order chi connectivity index (χ1) is 11.2. The van der Waals surface area contributed by atoms with Crippen LogP contribution in [0.1, 0.15) is 39.2 Å². The van der Waals surface area contributed by atoms with Gasteiger partial charge in [0.2, 0.25) is 5.16 Å². The average Bonchev–Trinajstić information content (AvgIpc) is 2.49. The summed E-state index contributed by atoms with van der Waals surface area (Å²) in [6.45, 7) is 8.61. The van der Waals surface area contributed by atoms with E-state index in [4.69, 9.17) is 16.3 Å². The highest BCUT2D eigenvalue weighted by atomic mass is 35.5. The largest absolute Gasteiger partial charge is 0.444 e. The Morgan fingerprint density at radius 2 is 2.04 bits per heavy atom. The average molecular weight is 374 g/mol. The molecule has 0 saturated carbocycles. The Morgan fingerprint density at radius 3 is 2.58 bits per heavy atom. The molecule has 0 radical (unpaired) electrons. The Hall–Kier alpha value is -1.21. The summed E-state index contributed by atoms with van der Waals surface area (Å²) in [7, 11) is -1.28. The van der Waals surface area contributed by atoms with E-state index in [1.165, 1.54) is 0 Å². The highest BCUT2D eigenvalue weighted by Crippen LogP contribution is 2.22. The van der Waals surface area contributed by atoms with Gasteiger partial charge in [-0.25, -0.2) is 14.8 Å². The molecule has 1 fully saturated rings. The van der Waals surface area contributed by atoms with Gasteiger partial charge in [-0.2, -0.15) is 0 Å². The molecule has 0 N–H and O–H groups in total. The number of carbonyl (C=O) groups excluding carboxylic acids is 1. The molecule has 1 aromatic heterocycles. The van der Waals surface area contributed by atoms with Crippen molar-refractivity contribution >= 4 is 28.5 Å². The van der Waals surface area contributed by atoms with E-state index in [2.05, 4.69) is 9.97 Å². The number of nitrogens with zero attached hydrogens (tertiary/aromatic N) is 3. The van der Waals surface area contributed by atoms with Crippen molar-refractivity contribution in [3.8, 4) is 0 Å². The Labute approximate surface area is 150 Å². The smallest absolute Gasteiger partial charge is 0.410 e. The summed E-state index contributed by atoms with van der Waals surface area (Å²) in [6.07, 6.45) is 2.90. The quantitative estimate of drug-likeness (QED) is 0.601. The zero-order chi connectivity index (χ0) is 17.9. The van der Waals surface area contributed by atoms with E-state index in [9.17, 15) is 9.00 Å². The molecule has 0 bridgehead atoms. The molecule has 0 aliphatic carbocycles. The third kappa shape index (κ3) is 5.41. The van der Waals surface area contributed by atoms with Crippen LogP contribution >= 0.6 is 11.6 Å². The lowest BCUT2D eigenvalue weighted by Crippen LogP contribution is -2.42. The summed E-state index contributed by atoms with van der Waals surface area (Å²) >= 11 is 5.96. The van der Waals surface area contributed by atoms with Crippen molar-refractivity contribution in [1.29, 1.82) is 0 Å². The third-order valence-corrected chi connectivity index (χ3v) is 5.51. The highest BCUT2D eigenvalue weighted by molar-refractivity contribution is 7.84. The molecule has 24 heavy (non-hydrogen) atoms. The normalized spacial score (nSPS) is 17.6. The van der Waals surface area contributed by atoms with Crippen molar-refractivity contribution in [3.05, 3.63) is 16.9 Å². The van der Waals surface area contributed by atoms with Crippen LogP contribution in [-0.2, 0) is 15.5 Å². The second kappa shape index (κ2) is 7.78. The fraction of sp³-hybridized carbons (Fsp3) is 0.688. The monoisotopic (exact) mass is 373 g/mol. The lowest BCUT2D eigenvalue weighted by atomic mass is 9.99. The van der Waals surface area contributed by atoms with Crippen LogP contribution in [0.15, 0.2) is 11.4 Å². The summed E-state index contributed by atoms with van der Waals surface area (Å²) in [5, 5.41) is 0.619. The number of rotatable bonds is 3. The molecule has 1 aliphatic rings. The number of ether oxygens (including phenoxy) is 1. The lowest BCUT2D eigenvalue weighted by molar-refractivity contribution is 0.0191. The second-order valence-electron chi connectivity index (χ2n) is 7.05. The van der Waals surface area contributed by atoms with Crippen LogP contribution in [0.2, 0.25) is 5.15 Å². The second-order valence-corrected chi connectivity index (χ2v) is 8.80.